The highest BCUT2D eigenvalue weighted by Gasteiger charge is 2.23. The van der Waals surface area contributed by atoms with Crippen LogP contribution in [-0.4, -0.2) is 57.6 Å². The highest BCUT2D eigenvalue weighted by atomic mass is 35.5. The maximum atomic E-state index is 12.5. The molecule has 0 spiro atoms. The molecule has 1 aromatic heterocycles. The van der Waals surface area contributed by atoms with Gasteiger partial charge in [0.25, 0.3) is 0 Å². The Hall–Kier alpha value is -2.60. The van der Waals surface area contributed by atoms with Crippen LogP contribution in [-0.2, 0) is 23.1 Å². The van der Waals surface area contributed by atoms with Crippen LogP contribution in [0.15, 0.2) is 36.4 Å². The monoisotopic (exact) mass is 414 g/mol. The maximum absolute atomic E-state index is 12.5. The molecule has 2 heterocycles. The molecule has 1 fully saturated rings. The second-order valence-electron chi connectivity index (χ2n) is 7.29. The average molecular weight is 415 g/mol. The molecule has 1 aromatic carbocycles. The summed E-state index contributed by atoms with van der Waals surface area (Å²) in [6.07, 6.45) is 5.55. The van der Waals surface area contributed by atoms with Crippen LogP contribution in [0.2, 0.25) is 5.15 Å². The third-order valence-corrected chi connectivity index (χ3v) is 5.68. The molecule has 0 radical (unpaired) electrons. The van der Waals surface area contributed by atoms with E-state index in [0.717, 1.165) is 24.1 Å². The van der Waals surface area contributed by atoms with Crippen LogP contribution < -0.4 is 0 Å². The molecule has 0 atom stereocenters. The molecule has 0 unspecified atom stereocenters. The molecular formula is C22H27ClN4O2. The normalized spacial score (nSPS) is 14.6. The highest BCUT2D eigenvalue weighted by Crippen LogP contribution is 2.20. The summed E-state index contributed by atoms with van der Waals surface area (Å²) in [5, 5.41) is 4.75. The third kappa shape index (κ3) is 5.48. The second-order valence-corrected chi connectivity index (χ2v) is 7.65. The van der Waals surface area contributed by atoms with Crippen molar-refractivity contribution < 1.29 is 9.59 Å². The lowest BCUT2D eigenvalue weighted by Gasteiger charge is -2.34. The Morgan fingerprint density at radius 2 is 1.76 bits per heavy atom. The smallest absolute Gasteiger partial charge is 0.246 e. The summed E-state index contributed by atoms with van der Waals surface area (Å²) in [4.78, 5) is 28.5. The zero-order valence-corrected chi connectivity index (χ0v) is 17.7. The van der Waals surface area contributed by atoms with Gasteiger partial charge in [-0.05, 0) is 31.4 Å². The van der Waals surface area contributed by atoms with Crippen LogP contribution in [0.25, 0.3) is 6.08 Å². The predicted octanol–water partition coefficient (Wildman–Crippen LogP) is 3.09. The number of carbonyl (C=O) groups is 2. The molecule has 3 rings (SSSR count). The van der Waals surface area contributed by atoms with Gasteiger partial charge in [-0.2, -0.15) is 5.10 Å². The number of aryl methyl sites for hydroxylation is 3. The minimum Gasteiger partial charge on any atom is -0.339 e. The molecule has 0 N–H and O–H groups in total. The minimum absolute atomic E-state index is 0.0690. The first-order valence-electron chi connectivity index (χ1n) is 9.93. The van der Waals surface area contributed by atoms with Crippen molar-refractivity contribution in [3.05, 3.63) is 58.4 Å². The molecule has 7 heteroatoms. The molecule has 154 valence electrons. The summed E-state index contributed by atoms with van der Waals surface area (Å²) >= 11 is 6.20. The topological polar surface area (TPSA) is 58.4 Å². The molecular weight excluding hydrogens is 388 g/mol. The van der Waals surface area contributed by atoms with Crippen LogP contribution >= 0.6 is 11.6 Å². The summed E-state index contributed by atoms with van der Waals surface area (Å²) < 4.78 is 1.59. The summed E-state index contributed by atoms with van der Waals surface area (Å²) in [6.45, 7) is 4.12. The van der Waals surface area contributed by atoms with Crippen molar-refractivity contribution >= 4 is 29.5 Å². The van der Waals surface area contributed by atoms with E-state index < -0.39 is 0 Å². The van der Waals surface area contributed by atoms with E-state index in [1.807, 2.05) is 30.0 Å². The van der Waals surface area contributed by atoms with Gasteiger partial charge in [-0.25, -0.2) is 0 Å². The van der Waals surface area contributed by atoms with Crippen molar-refractivity contribution in [2.45, 2.75) is 26.2 Å². The number of piperazine rings is 1. The van der Waals surface area contributed by atoms with E-state index in [2.05, 4.69) is 17.2 Å². The SMILES string of the molecule is Cc1nn(C)c(Cl)c1/C=C/C(=O)N1CCN(C(=O)CCCc2ccccc2)CC1. The predicted molar refractivity (Wildman–Crippen MR) is 115 cm³/mol. The Morgan fingerprint density at radius 1 is 1.10 bits per heavy atom. The summed E-state index contributed by atoms with van der Waals surface area (Å²) in [6, 6.07) is 10.2. The number of nitrogens with zero attached hydrogens (tertiary/aromatic N) is 4. The van der Waals surface area contributed by atoms with E-state index in [9.17, 15) is 9.59 Å². The average Bonchev–Trinajstić information content (AvgIpc) is 2.98. The molecule has 2 aromatic rings. The van der Waals surface area contributed by atoms with E-state index in [1.165, 1.54) is 11.6 Å². The van der Waals surface area contributed by atoms with Gasteiger partial charge in [-0.3, -0.25) is 14.3 Å². The van der Waals surface area contributed by atoms with Crippen LogP contribution in [0.1, 0.15) is 29.7 Å². The Bertz CT molecular complexity index is 884. The Kier molecular flexibility index (Phi) is 7.09. The van der Waals surface area contributed by atoms with Gasteiger partial charge in [0.05, 0.1) is 5.69 Å². The highest BCUT2D eigenvalue weighted by molar-refractivity contribution is 6.31. The lowest BCUT2D eigenvalue weighted by atomic mass is 10.1. The molecule has 0 saturated carbocycles. The zero-order chi connectivity index (χ0) is 20.8. The van der Waals surface area contributed by atoms with Gasteiger partial charge in [-0.15, -0.1) is 0 Å². The van der Waals surface area contributed by atoms with Crippen molar-refractivity contribution in [1.29, 1.82) is 0 Å². The molecule has 1 saturated heterocycles. The first-order chi connectivity index (χ1) is 14.0. The maximum Gasteiger partial charge on any atom is 0.246 e. The van der Waals surface area contributed by atoms with E-state index >= 15 is 0 Å². The first kappa shape index (κ1) is 21.1. The fourth-order valence-corrected chi connectivity index (χ4v) is 3.76. The van der Waals surface area contributed by atoms with Crippen LogP contribution in [0.4, 0.5) is 0 Å². The third-order valence-electron chi connectivity index (χ3n) is 5.23. The van der Waals surface area contributed by atoms with Gasteiger partial charge in [0.1, 0.15) is 5.15 Å². The fraction of sp³-hybridized carbons (Fsp3) is 0.409. The summed E-state index contributed by atoms with van der Waals surface area (Å²) in [5.41, 5.74) is 2.80. The second kappa shape index (κ2) is 9.74. The van der Waals surface area contributed by atoms with E-state index in [1.54, 1.807) is 22.7 Å². The number of hydrogen-bond acceptors (Lipinski definition) is 3. The quantitative estimate of drug-likeness (QED) is 0.682. The van der Waals surface area contributed by atoms with Crippen molar-refractivity contribution in [1.82, 2.24) is 19.6 Å². The zero-order valence-electron chi connectivity index (χ0n) is 17.0. The number of amides is 2. The van der Waals surface area contributed by atoms with Crippen molar-refractivity contribution in [3.63, 3.8) is 0 Å². The molecule has 2 amide bonds. The summed E-state index contributed by atoms with van der Waals surface area (Å²) in [5.74, 6) is 0.0989. The van der Waals surface area contributed by atoms with E-state index in [4.69, 9.17) is 11.6 Å². The largest absolute Gasteiger partial charge is 0.339 e. The number of halogens is 1. The molecule has 6 nitrogen and oxygen atoms in total. The van der Waals surface area contributed by atoms with Crippen molar-refractivity contribution in [2.75, 3.05) is 26.2 Å². The van der Waals surface area contributed by atoms with Gasteiger partial charge >= 0.3 is 0 Å². The van der Waals surface area contributed by atoms with Gasteiger partial charge in [0.2, 0.25) is 11.8 Å². The standard InChI is InChI=1S/C22H27ClN4O2/c1-17-19(22(23)25(2)24-17)11-12-21(29)27-15-13-26(14-16-27)20(28)10-6-9-18-7-4-3-5-8-18/h3-5,7-8,11-12H,6,9-10,13-16H2,1-2H3/b12-11+. The molecule has 1 aliphatic heterocycles. The number of rotatable bonds is 6. The van der Waals surface area contributed by atoms with Gasteiger partial charge in [-0.1, -0.05) is 41.9 Å². The number of benzene rings is 1. The van der Waals surface area contributed by atoms with Crippen LogP contribution in [0.5, 0.6) is 0 Å². The minimum atomic E-state index is -0.0690. The van der Waals surface area contributed by atoms with Gasteiger partial charge in [0, 0.05) is 51.3 Å². The lowest BCUT2D eigenvalue weighted by Crippen LogP contribution is -2.50. The van der Waals surface area contributed by atoms with E-state index in [0.29, 0.717) is 37.8 Å². The van der Waals surface area contributed by atoms with Gasteiger partial charge < -0.3 is 9.80 Å². The van der Waals surface area contributed by atoms with Crippen LogP contribution in [0.3, 0.4) is 0 Å². The number of hydrogen-bond donors (Lipinski definition) is 0. The van der Waals surface area contributed by atoms with Gasteiger partial charge in [0.15, 0.2) is 0 Å². The Balaban J connectivity index is 1.44. The van der Waals surface area contributed by atoms with Crippen LogP contribution in [0, 0.1) is 6.92 Å². The Labute approximate surface area is 176 Å². The number of aromatic nitrogens is 2. The van der Waals surface area contributed by atoms with Crippen molar-refractivity contribution in [3.8, 4) is 0 Å². The van der Waals surface area contributed by atoms with Crippen molar-refractivity contribution in [2.24, 2.45) is 7.05 Å². The molecule has 29 heavy (non-hydrogen) atoms. The lowest BCUT2D eigenvalue weighted by molar-refractivity contribution is -0.137. The molecule has 0 bridgehead atoms. The number of carbonyl (C=O) groups excluding carboxylic acids is 2. The molecule has 0 aliphatic carbocycles. The molecule has 1 aliphatic rings. The fourth-order valence-electron chi connectivity index (χ4n) is 3.52. The first-order valence-corrected chi connectivity index (χ1v) is 10.3. The summed E-state index contributed by atoms with van der Waals surface area (Å²) in [7, 11) is 1.77. The van der Waals surface area contributed by atoms with E-state index in [-0.39, 0.29) is 11.8 Å². The Morgan fingerprint density at radius 3 is 2.38 bits per heavy atom.